The number of carboxylic acids is 1. The highest BCUT2D eigenvalue weighted by Gasteiger charge is 2.18. The summed E-state index contributed by atoms with van der Waals surface area (Å²) < 4.78 is 4.50. The molecule has 9 heteroatoms. The van der Waals surface area contributed by atoms with Crippen LogP contribution in [0.1, 0.15) is 39.9 Å². The highest BCUT2D eigenvalue weighted by Crippen LogP contribution is 2.19. The number of amides is 1. The van der Waals surface area contributed by atoms with Gasteiger partial charge in [-0.1, -0.05) is 30.3 Å². The fraction of sp³-hybridized carbons (Fsp3) is 0.364. The van der Waals surface area contributed by atoms with E-state index in [-0.39, 0.29) is 5.69 Å². The van der Waals surface area contributed by atoms with E-state index in [4.69, 9.17) is 5.11 Å². The average molecular weight is 296 g/mol. The van der Waals surface area contributed by atoms with E-state index in [2.05, 4.69) is 39.0 Å². The largest absolute Gasteiger partial charge is 0.475 e. The molecule has 0 atom stereocenters. The van der Waals surface area contributed by atoms with Gasteiger partial charge >= 0.3 is 5.97 Å². The van der Waals surface area contributed by atoms with Crippen LogP contribution >= 0.6 is 11.3 Å². The number of hydrogen-bond donors (Lipinski definition) is 2. The number of hydrogen-bond acceptors (Lipinski definition) is 7. The lowest BCUT2D eigenvalue weighted by Crippen LogP contribution is -2.12. The standard InChI is InChI=1S/C11H12N4O4S/c1-5(2)3-8-13-14-11(20-8)12-9(16)6-4-7(10(17)18)19-15-6/h4-5H,3H2,1-2H3,(H,17,18)(H,12,14,16). The summed E-state index contributed by atoms with van der Waals surface area (Å²) in [5.41, 5.74) is -0.122. The van der Waals surface area contributed by atoms with E-state index in [1.165, 1.54) is 11.3 Å². The molecule has 0 aliphatic carbocycles. The molecular formula is C11H12N4O4S. The Bertz CT molecular complexity index is 634. The third kappa shape index (κ3) is 3.38. The van der Waals surface area contributed by atoms with E-state index < -0.39 is 17.6 Å². The molecule has 0 spiro atoms. The van der Waals surface area contributed by atoms with Crippen molar-refractivity contribution < 1.29 is 19.2 Å². The molecule has 2 rings (SSSR count). The fourth-order valence-electron chi connectivity index (χ4n) is 1.38. The Morgan fingerprint density at radius 1 is 1.45 bits per heavy atom. The van der Waals surface area contributed by atoms with Crippen LogP contribution in [-0.2, 0) is 6.42 Å². The Hall–Kier alpha value is -2.29. The molecule has 2 aromatic rings. The van der Waals surface area contributed by atoms with Gasteiger partial charge in [-0.25, -0.2) is 4.79 Å². The highest BCUT2D eigenvalue weighted by atomic mass is 32.1. The molecule has 8 nitrogen and oxygen atoms in total. The number of anilines is 1. The van der Waals surface area contributed by atoms with Crippen LogP contribution in [0.3, 0.4) is 0 Å². The summed E-state index contributed by atoms with van der Waals surface area (Å²) >= 11 is 1.27. The van der Waals surface area contributed by atoms with E-state index in [1.54, 1.807) is 0 Å². The first kappa shape index (κ1) is 14.1. The van der Waals surface area contributed by atoms with Crippen molar-refractivity contribution in [3.05, 3.63) is 22.5 Å². The summed E-state index contributed by atoms with van der Waals surface area (Å²) in [6, 6.07) is 1.05. The van der Waals surface area contributed by atoms with Gasteiger partial charge in [-0.15, -0.1) is 10.2 Å². The first-order valence-corrected chi connectivity index (χ1v) is 6.61. The molecule has 0 aliphatic heterocycles. The number of rotatable bonds is 5. The Balaban J connectivity index is 2.03. The van der Waals surface area contributed by atoms with Gasteiger partial charge in [0.05, 0.1) is 0 Å². The van der Waals surface area contributed by atoms with Gasteiger partial charge in [-0.2, -0.15) is 0 Å². The normalized spacial score (nSPS) is 10.8. The number of carboxylic acid groups (broad SMARTS) is 1. The first-order valence-electron chi connectivity index (χ1n) is 5.79. The van der Waals surface area contributed by atoms with Gasteiger partial charge in [-0.3, -0.25) is 10.1 Å². The van der Waals surface area contributed by atoms with Crippen molar-refractivity contribution in [3.8, 4) is 0 Å². The Labute approximate surface area is 117 Å². The maximum absolute atomic E-state index is 11.8. The maximum atomic E-state index is 11.8. The molecule has 0 saturated carbocycles. The van der Waals surface area contributed by atoms with Crippen LogP contribution in [0.2, 0.25) is 0 Å². The second-order valence-electron chi connectivity index (χ2n) is 4.43. The third-order valence-corrected chi connectivity index (χ3v) is 3.08. The molecule has 20 heavy (non-hydrogen) atoms. The minimum Gasteiger partial charge on any atom is -0.475 e. The van der Waals surface area contributed by atoms with Crippen molar-refractivity contribution in [2.45, 2.75) is 20.3 Å². The van der Waals surface area contributed by atoms with E-state index in [1.807, 2.05) is 0 Å². The Kier molecular flexibility index (Phi) is 4.08. The molecule has 0 saturated heterocycles. The molecule has 0 aromatic carbocycles. The van der Waals surface area contributed by atoms with Gasteiger partial charge in [0, 0.05) is 12.5 Å². The number of carbonyl (C=O) groups is 2. The number of aromatic carboxylic acids is 1. The summed E-state index contributed by atoms with van der Waals surface area (Å²) in [6.07, 6.45) is 0.778. The van der Waals surface area contributed by atoms with Crippen molar-refractivity contribution in [1.29, 1.82) is 0 Å². The minimum absolute atomic E-state index is 0.122. The first-order chi connectivity index (χ1) is 9.45. The third-order valence-electron chi connectivity index (χ3n) is 2.22. The van der Waals surface area contributed by atoms with Crippen LogP contribution in [0, 0.1) is 5.92 Å². The summed E-state index contributed by atoms with van der Waals surface area (Å²) in [6.45, 7) is 4.12. The zero-order chi connectivity index (χ0) is 14.7. The highest BCUT2D eigenvalue weighted by molar-refractivity contribution is 7.15. The molecule has 0 radical (unpaired) electrons. The van der Waals surface area contributed by atoms with Crippen LogP contribution in [0.25, 0.3) is 0 Å². The molecule has 1 amide bonds. The molecule has 0 aliphatic rings. The van der Waals surface area contributed by atoms with Gasteiger partial charge in [0.1, 0.15) is 5.01 Å². The van der Waals surface area contributed by atoms with E-state index in [0.717, 1.165) is 17.5 Å². The zero-order valence-electron chi connectivity index (χ0n) is 10.8. The minimum atomic E-state index is -1.29. The molecule has 2 N–H and O–H groups in total. The second kappa shape index (κ2) is 5.78. The lowest BCUT2D eigenvalue weighted by atomic mass is 10.1. The summed E-state index contributed by atoms with van der Waals surface area (Å²) in [5, 5.41) is 23.5. The lowest BCUT2D eigenvalue weighted by molar-refractivity contribution is 0.0651. The van der Waals surface area contributed by atoms with Crippen molar-refractivity contribution in [2.75, 3.05) is 5.32 Å². The zero-order valence-corrected chi connectivity index (χ0v) is 11.6. The molecule has 0 fully saturated rings. The van der Waals surface area contributed by atoms with Crippen LogP contribution in [-0.4, -0.2) is 32.3 Å². The predicted octanol–water partition coefficient (Wildman–Crippen LogP) is 1.68. The number of nitrogens with one attached hydrogen (secondary N) is 1. The fourth-order valence-corrected chi connectivity index (χ4v) is 2.33. The van der Waals surface area contributed by atoms with Crippen LogP contribution in [0.15, 0.2) is 10.6 Å². The topological polar surface area (TPSA) is 118 Å². The van der Waals surface area contributed by atoms with E-state index >= 15 is 0 Å². The molecule has 2 heterocycles. The van der Waals surface area contributed by atoms with Crippen LogP contribution < -0.4 is 5.32 Å². The van der Waals surface area contributed by atoms with Crippen LogP contribution in [0.4, 0.5) is 5.13 Å². The van der Waals surface area contributed by atoms with E-state index in [0.29, 0.717) is 11.0 Å². The van der Waals surface area contributed by atoms with Gasteiger partial charge in [0.15, 0.2) is 5.69 Å². The predicted molar refractivity (Wildman–Crippen MR) is 69.9 cm³/mol. The molecular weight excluding hydrogens is 284 g/mol. The Morgan fingerprint density at radius 2 is 2.20 bits per heavy atom. The molecule has 0 unspecified atom stereocenters. The number of aromatic nitrogens is 3. The average Bonchev–Trinajstić information content (AvgIpc) is 2.97. The van der Waals surface area contributed by atoms with Crippen LogP contribution in [0.5, 0.6) is 0 Å². The lowest BCUT2D eigenvalue weighted by Gasteiger charge is -1.97. The summed E-state index contributed by atoms with van der Waals surface area (Å²) in [7, 11) is 0. The molecule has 106 valence electrons. The molecule has 2 aromatic heterocycles. The number of nitrogens with zero attached hydrogens (tertiary/aromatic N) is 3. The smallest absolute Gasteiger partial charge is 0.374 e. The summed E-state index contributed by atoms with van der Waals surface area (Å²) in [5.74, 6) is -1.83. The molecule has 0 bridgehead atoms. The van der Waals surface area contributed by atoms with Crippen molar-refractivity contribution >= 4 is 28.3 Å². The number of carbonyl (C=O) groups excluding carboxylic acids is 1. The van der Waals surface area contributed by atoms with Crippen molar-refractivity contribution in [2.24, 2.45) is 5.92 Å². The van der Waals surface area contributed by atoms with E-state index in [9.17, 15) is 9.59 Å². The summed E-state index contributed by atoms with van der Waals surface area (Å²) in [4.78, 5) is 22.4. The SMILES string of the molecule is CC(C)Cc1nnc(NC(=O)c2cc(C(=O)O)on2)s1. The Morgan fingerprint density at radius 3 is 2.80 bits per heavy atom. The quantitative estimate of drug-likeness (QED) is 0.861. The van der Waals surface area contributed by atoms with Gasteiger partial charge in [0.25, 0.3) is 5.91 Å². The van der Waals surface area contributed by atoms with Gasteiger partial charge in [0.2, 0.25) is 10.9 Å². The maximum Gasteiger partial charge on any atom is 0.374 e. The second-order valence-corrected chi connectivity index (χ2v) is 5.50. The monoisotopic (exact) mass is 296 g/mol. The van der Waals surface area contributed by atoms with Gasteiger partial charge in [-0.05, 0) is 5.92 Å². The van der Waals surface area contributed by atoms with Gasteiger partial charge < -0.3 is 9.63 Å². The van der Waals surface area contributed by atoms with Crippen molar-refractivity contribution in [3.63, 3.8) is 0 Å². The van der Waals surface area contributed by atoms with Crippen molar-refractivity contribution in [1.82, 2.24) is 15.4 Å².